The van der Waals surface area contributed by atoms with E-state index < -0.39 is 5.60 Å². The van der Waals surface area contributed by atoms with Gasteiger partial charge in [-0.25, -0.2) is 4.98 Å². The third kappa shape index (κ3) is 4.04. The molecule has 0 aliphatic heterocycles. The highest BCUT2D eigenvalue weighted by Crippen LogP contribution is 2.34. The van der Waals surface area contributed by atoms with Crippen LogP contribution in [-0.4, -0.2) is 33.3 Å². The molecular formula is C21H21N3O4. The molecule has 2 N–H and O–H groups in total. The van der Waals surface area contributed by atoms with Crippen LogP contribution in [0.25, 0.3) is 11.3 Å². The number of carbonyl (C=O) groups is 1. The van der Waals surface area contributed by atoms with Crippen molar-refractivity contribution >= 4 is 5.91 Å². The summed E-state index contributed by atoms with van der Waals surface area (Å²) in [6.07, 6.45) is 2.91. The Morgan fingerprint density at radius 1 is 1.25 bits per heavy atom. The molecule has 1 aliphatic rings. The zero-order chi connectivity index (χ0) is 19.6. The van der Waals surface area contributed by atoms with Crippen LogP contribution in [0.4, 0.5) is 0 Å². The van der Waals surface area contributed by atoms with Crippen molar-refractivity contribution in [2.24, 2.45) is 0 Å². The standard InChI is InChI=1S/C21H21N3O4/c1-14-17(19(24-28-14)15-5-3-2-4-6-15)12-27-18-8-7-16(11-22-18)20(25)23-13-21(26)9-10-21/h2-8,11,26H,9-10,12-13H2,1H3,(H,23,25). The fraction of sp³-hybridized carbons (Fsp3) is 0.286. The van der Waals surface area contributed by atoms with Gasteiger partial charge in [-0.3, -0.25) is 4.79 Å². The van der Waals surface area contributed by atoms with Gasteiger partial charge in [0, 0.05) is 24.4 Å². The molecule has 1 amide bonds. The molecule has 3 aromatic rings. The molecule has 4 rings (SSSR count). The lowest BCUT2D eigenvalue weighted by Gasteiger charge is -2.10. The molecule has 1 saturated carbocycles. The van der Waals surface area contributed by atoms with E-state index in [9.17, 15) is 9.90 Å². The van der Waals surface area contributed by atoms with E-state index in [4.69, 9.17) is 9.26 Å². The van der Waals surface area contributed by atoms with Crippen LogP contribution in [0.1, 0.15) is 34.5 Å². The van der Waals surface area contributed by atoms with Crippen LogP contribution in [0.5, 0.6) is 5.88 Å². The number of benzene rings is 1. The molecule has 2 aromatic heterocycles. The molecule has 0 spiro atoms. The molecule has 0 unspecified atom stereocenters. The van der Waals surface area contributed by atoms with Crippen molar-refractivity contribution < 1.29 is 19.2 Å². The average molecular weight is 379 g/mol. The maximum Gasteiger partial charge on any atom is 0.252 e. The minimum atomic E-state index is -0.723. The quantitative estimate of drug-likeness (QED) is 0.655. The van der Waals surface area contributed by atoms with E-state index in [0.29, 0.717) is 17.2 Å². The number of aromatic nitrogens is 2. The number of carbonyl (C=O) groups excluding carboxylic acids is 1. The Hall–Kier alpha value is -3.19. The topological polar surface area (TPSA) is 97.5 Å². The highest BCUT2D eigenvalue weighted by atomic mass is 16.5. The summed E-state index contributed by atoms with van der Waals surface area (Å²) < 4.78 is 11.1. The van der Waals surface area contributed by atoms with Gasteiger partial charge in [0.05, 0.1) is 16.7 Å². The first-order valence-corrected chi connectivity index (χ1v) is 9.14. The van der Waals surface area contributed by atoms with Crippen LogP contribution >= 0.6 is 0 Å². The Morgan fingerprint density at radius 2 is 2.04 bits per heavy atom. The summed E-state index contributed by atoms with van der Waals surface area (Å²) in [4.78, 5) is 16.3. The summed E-state index contributed by atoms with van der Waals surface area (Å²) in [5, 5.41) is 16.6. The van der Waals surface area contributed by atoms with Crippen molar-refractivity contribution in [2.45, 2.75) is 32.0 Å². The first kappa shape index (κ1) is 18.2. The number of hydrogen-bond donors (Lipinski definition) is 2. The third-order valence-electron chi connectivity index (χ3n) is 4.80. The Kier molecular flexibility index (Phi) is 4.83. The van der Waals surface area contributed by atoms with Gasteiger partial charge in [0.15, 0.2) is 0 Å². The maximum atomic E-state index is 12.1. The van der Waals surface area contributed by atoms with Gasteiger partial charge in [0.1, 0.15) is 18.1 Å². The van der Waals surface area contributed by atoms with E-state index in [1.165, 1.54) is 6.20 Å². The summed E-state index contributed by atoms with van der Waals surface area (Å²) in [5.74, 6) is 0.825. The molecule has 7 heteroatoms. The second-order valence-electron chi connectivity index (χ2n) is 7.01. The molecule has 144 valence electrons. The van der Waals surface area contributed by atoms with E-state index in [1.54, 1.807) is 12.1 Å². The number of amides is 1. The van der Waals surface area contributed by atoms with Crippen LogP contribution in [-0.2, 0) is 6.61 Å². The molecule has 0 saturated heterocycles. The Labute approximate surface area is 162 Å². The fourth-order valence-electron chi connectivity index (χ4n) is 2.80. The second kappa shape index (κ2) is 7.44. The molecule has 1 fully saturated rings. The van der Waals surface area contributed by atoms with E-state index in [2.05, 4.69) is 15.5 Å². The van der Waals surface area contributed by atoms with Gasteiger partial charge in [-0.05, 0) is 25.8 Å². The van der Waals surface area contributed by atoms with Crippen molar-refractivity contribution in [2.75, 3.05) is 6.54 Å². The summed E-state index contributed by atoms with van der Waals surface area (Å²) in [6, 6.07) is 13.0. The highest BCUT2D eigenvalue weighted by Gasteiger charge is 2.40. The van der Waals surface area contributed by atoms with Crippen LogP contribution in [0.3, 0.4) is 0 Å². The predicted octanol–water partition coefficient (Wildman–Crippen LogP) is 2.88. The molecule has 0 atom stereocenters. The van der Waals surface area contributed by atoms with Gasteiger partial charge in [0.2, 0.25) is 5.88 Å². The molecule has 28 heavy (non-hydrogen) atoms. The molecule has 1 aromatic carbocycles. The number of pyridine rings is 1. The largest absolute Gasteiger partial charge is 0.473 e. The Morgan fingerprint density at radius 3 is 2.71 bits per heavy atom. The van der Waals surface area contributed by atoms with E-state index in [1.807, 2.05) is 37.3 Å². The first-order chi connectivity index (χ1) is 13.5. The van der Waals surface area contributed by atoms with Gasteiger partial charge in [-0.2, -0.15) is 0 Å². The molecule has 7 nitrogen and oxygen atoms in total. The molecule has 1 aliphatic carbocycles. The number of rotatable bonds is 7. The third-order valence-corrected chi connectivity index (χ3v) is 4.80. The highest BCUT2D eigenvalue weighted by molar-refractivity contribution is 5.93. The summed E-state index contributed by atoms with van der Waals surface area (Å²) in [5.41, 5.74) is 2.25. The zero-order valence-corrected chi connectivity index (χ0v) is 15.5. The number of nitrogens with zero attached hydrogens (tertiary/aromatic N) is 2. The lowest BCUT2D eigenvalue weighted by molar-refractivity contribution is 0.0895. The smallest absolute Gasteiger partial charge is 0.252 e. The number of aryl methyl sites for hydroxylation is 1. The lowest BCUT2D eigenvalue weighted by atomic mass is 10.1. The minimum Gasteiger partial charge on any atom is -0.473 e. The molecular weight excluding hydrogens is 358 g/mol. The van der Waals surface area contributed by atoms with Crippen LogP contribution < -0.4 is 10.1 Å². The van der Waals surface area contributed by atoms with E-state index in [0.717, 1.165) is 29.7 Å². The van der Waals surface area contributed by atoms with Gasteiger partial charge in [-0.1, -0.05) is 35.5 Å². The van der Waals surface area contributed by atoms with Crippen LogP contribution in [0.2, 0.25) is 0 Å². The minimum absolute atomic E-state index is 0.255. The lowest BCUT2D eigenvalue weighted by Crippen LogP contribution is -2.33. The van der Waals surface area contributed by atoms with Crippen LogP contribution in [0.15, 0.2) is 53.2 Å². The van der Waals surface area contributed by atoms with Gasteiger partial charge >= 0.3 is 0 Å². The Bertz CT molecular complexity index is 963. The second-order valence-corrected chi connectivity index (χ2v) is 7.01. The van der Waals surface area contributed by atoms with E-state index >= 15 is 0 Å². The van der Waals surface area contributed by atoms with Gasteiger partial charge < -0.3 is 19.7 Å². The predicted molar refractivity (Wildman–Crippen MR) is 102 cm³/mol. The number of ether oxygens (including phenoxy) is 1. The zero-order valence-electron chi connectivity index (χ0n) is 15.5. The monoisotopic (exact) mass is 379 g/mol. The number of nitrogens with one attached hydrogen (secondary N) is 1. The SMILES string of the molecule is Cc1onc(-c2ccccc2)c1COc1ccc(C(=O)NCC2(O)CC2)cn1. The maximum absolute atomic E-state index is 12.1. The van der Waals surface area contributed by atoms with Gasteiger partial charge in [-0.15, -0.1) is 0 Å². The van der Waals surface area contributed by atoms with Crippen molar-refractivity contribution in [1.29, 1.82) is 0 Å². The molecule has 2 heterocycles. The van der Waals surface area contributed by atoms with Crippen molar-refractivity contribution in [3.63, 3.8) is 0 Å². The fourth-order valence-corrected chi connectivity index (χ4v) is 2.80. The number of aliphatic hydroxyl groups is 1. The average Bonchev–Trinajstić information content (AvgIpc) is 3.35. The van der Waals surface area contributed by atoms with Crippen molar-refractivity contribution in [1.82, 2.24) is 15.5 Å². The number of hydrogen-bond acceptors (Lipinski definition) is 6. The summed E-state index contributed by atoms with van der Waals surface area (Å²) >= 11 is 0. The normalized spacial score (nSPS) is 14.5. The first-order valence-electron chi connectivity index (χ1n) is 9.14. The Balaban J connectivity index is 1.39. The van der Waals surface area contributed by atoms with E-state index in [-0.39, 0.29) is 19.1 Å². The van der Waals surface area contributed by atoms with Crippen molar-refractivity contribution in [3.05, 3.63) is 65.5 Å². The summed E-state index contributed by atoms with van der Waals surface area (Å²) in [6.45, 7) is 2.36. The van der Waals surface area contributed by atoms with Crippen molar-refractivity contribution in [3.8, 4) is 17.1 Å². The molecule has 0 radical (unpaired) electrons. The van der Waals surface area contributed by atoms with Crippen LogP contribution in [0, 0.1) is 6.92 Å². The summed E-state index contributed by atoms with van der Waals surface area (Å²) in [7, 11) is 0. The molecule has 0 bridgehead atoms. The van der Waals surface area contributed by atoms with Gasteiger partial charge in [0.25, 0.3) is 5.91 Å².